The van der Waals surface area contributed by atoms with E-state index in [1.165, 1.54) is 38.5 Å². The molecule has 0 heterocycles. The van der Waals surface area contributed by atoms with Crippen molar-refractivity contribution >= 4 is 0 Å². The van der Waals surface area contributed by atoms with Crippen LogP contribution in [-0.2, 0) is 0 Å². The van der Waals surface area contributed by atoms with E-state index in [2.05, 4.69) is 0 Å². The van der Waals surface area contributed by atoms with Gasteiger partial charge in [0, 0.05) is 0 Å². The Morgan fingerprint density at radius 3 is 2.45 bits per heavy atom. The van der Waals surface area contributed by atoms with Crippen molar-refractivity contribution in [1.29, 1.82) is 0 Å². The first-order valence-corrected chi connectivity index (χ1v) is 4.97. The SMILES string of the molecule is C[C@H](O)CCC1CCCCC1. The van der Waals surface area contributed by atoms with Crippen LogP contribution >= 0.6 is 0 Å². The maximum atomic E-state index is 9.08. The maximum absolute atomic E-state index is 9.08. The molecule has 1 nitrogen and oxygen atoms in total. The van der Waals surface area contributed by atoms with Gasteiger partial charge in [-0.25, -0.2) is 0 Å². The monoisotopic (exact) mass is 156 g/mol. The van der Waals surface area contributed by atoms with Crippen molar-refractivity contribution in [1.82, 2.24) is 0 Å². The number of aliphatic hydroxyl groups excluding tert-OH is 1. The zero-order valence-electron chi connectivity index (χ0n) is 7.55. The van der Waals surface area contributed by atoms with Crippen LogP contribution in [0.5, 0.6) is 0 Å². The molecule has 1 N–H and O–H groups in total. The Morgan fingerprint density at radius 1 is 1.27 bits per heavy atom. The molecule has 1 fully saturated rings. The molecule has 0 saturated heterocycles. The summed E-state index contributed by atoms with van der Waals surface area (Å²) < 4.78 is 0. The van der Waals surface area contributed by atoms with Gasteiger partial charge in [-0.1, -0.05) is 32.1 Å². The Hall–Kier alpha value is -0.0400. The molecule has 0 aliphatic heterocycles. The molecular formula is C10H20O. The summed E-state index contributed by atoms with van der Waals surface area (Å²) in [5.41, 5.74) is 0. The Balaban J connectivity index is 2.05. The quantitative estimate of drug-likeness (QED) is 0.666. The molecule has 0 aromatic heterocycles. The average Bonchev–Trinajstić information content (AvgIpc) is 2.03. The van der Waals surface area contributed by atoms with Gasteiger partial charge in [0.25, 0.3) is 0 Å². The van der Waals surface area contributed by atoms with Crippen LogP contribution in [0.15, 0.2) is 0 Å². The third-order valence-corrected chi connectivity index (χ3v) is 2.72. The van der Waals surface area contributed by atoms with Crippen LogP contribution in [0.1, 0.15) is 51.9 Å². The highest BCUT2D eigenvalue weighted by atomic mass is 16.3. The van der Waals surface area contributed by atoms with Crippen LogP contribution < -0.4 is 0 Å². The summed E-state index contributed by atoms with van der Waals surface area (Å²) in [6.07, 6.45) is 9.26. The van der Waals surface area contributed by atoms with Gasteiger partial charge >= 0.3 is 0 Å². The van der Waals surface area contributed by atoms with Gasteiger partial charge in [0.15, 0.2) is 0 Å². The van der Waals surface area contributed by atoms with E-state index in [-0.39, 0.29) is 6.10 Å². The van der Waals surface area contributed by atoms with Crippen LogP contribution in [-0.4, -0.2) is 11.2 Å². The van der Waals surface area contributed by atoms with Crippen molar-refractivity contribution in [2.45, 2.75) is 58.0 Å². The summed E-state index contributed by atoms with van der Waals surface area (Å²) in [6, 6.07) is 0. The van der Waals surface area contributed by atoms with Crippen molar-refractivity contribution < 1.29 is 5.11 Å². The number of hydrogen-bond donors (Lipinski definition) is 1. The first-order valence-electron chi connectivity index (χ1n) is 4.97. The fourth-order valence-electron chi connectivity index (χ4n) is 1.95. The predicted molar refractivity (Wildman–Crippen MR) is 47.5 cm³/mol. The van der Waals surface area contributed by atoms with Gasteiger partial charge in [-0.3, -0.25) is 0 Å². The van der Waals surface area contributed by atoms with Gasteiger partial charge in [0.2, 0.25) is 0 Å². The average molecular weight is 156 g/mol. The van der Waals surface area contributed by atoms with E-state index in [9.17, 15) is 0 Å². The first kappa shape index (κ1) is 9.05. The Labute approximate surface area is 69.8 Å². The lowest BCUT2D eigenvalue weighted by atomic mass is 9.85. The third-order valence-electron chi connectivity index (χ3n) is 2.72. The topological polar surface area (TPSA) is 20.2 Å². The molecule has 1 atom stereocenters. The fourth-order valence-corrected chi connectivity index (χ4v) is 1.95. The van der Waals surface area contributed by atoms with Gasteiger partial charge < -0.3 is 5.11 Å². The predicted octanol–water partition coefficient (Wildman–Crippen LogP) is 2.73. The van der Waals surface area contributed by atoms with Crippen molar-refractivity contribution in [3.8, 4) is 0 Å². The van der Waals surface area contributed by atoms with Crippen molar-refractivity contribution in [3.63, 3.8) is 0 Å². The van der Waals surface area contributed by atoms with Crippen LogP contribution in [0.2, 0.25) is 0 Å². The Kier molecular flexibility index (Phi) is 3.92. The third kappa shape index (κ3) is 3.76. The summed E-state index contributed by atoms with van der Waals surface area (Å²) in [5.74, 6) is 0.929. The van der Waals surface area contributed by atoms with Gasteiger partial charge in [0.1, 0.15) is 0 Å². The van der Waals surface area contributed by atoms with E-state index in [1.54, 1.807) is 0 Å². The van der Waals surface area contributed by atoms with Gasteiger partial charge in [-0.2, -0.15) is 0 Å². The van der Waals surface area contributed by atoms with E-state index in [0.29, 0.717) is 0 Å². The first-order chi connectivity index (χ1) is 5.29. The number of aliphatic hydroxyl groups is 1. The van der Waals surface area contributed by atoms with Gasteiger partial charge in [0.05, 0.1) is 6.10 Å². The second-order valence-electron chi connectivity index (χ2n) is 3.93. The largest absolute Gasteiger partial charge is 0.393 e. The van der Waals surface area contributed by atoms with E-state index >= 15 is 0 Å². The van der Waals surface area contributed by atoms with Gasteiger partial charge in [-0.05, 0) is 25.7 Å². The number of rotatable bonds is 3. The second-order valence-corrected chi connectivity index (χ2v) is 3.93. The molecule has 0 radical (unpaired) electrons. The van der Waals surface area contributed by atoms with Crippen LogP contribution in [0.25, 0.3) is 0 Å². The summed E-state index contributed by atoms with van der Waals surface area (Å²) in [5, 5.41) is 9.08. The molecule has 1 aliphatic carbocycles. The van der Waals surface area contributed by atoms with Crippen molar-refractivity contribution in [2.75, 3.05) is 0 Å². The molecule has 0 aromatic rings. The Morgan fingerprint density at radius 2 is 1.91 bits per heavy atom. The summed E-state index contributed by atoms with van der Waals surface area (Å²) in [6.45, 7) is 1.89. The molecule has 0 unspecified atom stereocenters. The lowest BCUT2D eigenvalue weighted by molar-refractivity contribution is 0.167. The minimum Gasteiger partial charge on any atom is -0.393 e. The highest BCUT2D eigenvalue weighted by molar-refractivity contribution is 4.66. The highest BCUT2D eigenvalue weighted by Crippen LogP contribution is 2.27. The molecule has 1 saturated carbocycles. The normalized spacial score (nSPS) is 23.5. The van der Waals surface area contributed by atoms with Crippen LogP contribution in [0, 0.1) is 5.92 Å². The maximum Gasteiger partial charge on any atom is 0.0512 e. The minimum atomic E-state index is -0.0862. The van der Waals surface area contributed by atoms with E-state index in [0.717, 1.165) is 12.3 Å². The molecule has 0 aromatic carbocycles. The standard InChI is InChI=1S/C10H20O/c1-9(11)7-8-10-5-3-2-4-6-10/h9-11H,2-8H2,1H3/t9-/m0/s1. The lowest BCUT2D eigenvalue weighted by Crippen LogP contribution is -2.09. The minimum absolute atomic E-state index is 0.0862. The van der Waals surface area contributed by atoms with E-state index < -0.39 is 0 Å². The molecule has 0 spiro atoms. The molecule has 11 heavy (non-hydrogen) atoms. The van der Waals surface area contributed by atoms with E-state index in [4.69, 9.17) is 5.11 Å². The van der Waals surface area contributed by atoms with Crippen molar-refractivity contribution in [3.05, 3.63) is 0 Å². The zero-order chi connectivity index (χ0) is 8.10. The summed E-state index contributed by atoms with van der Waals surface area (Å²) in [7, 11) is 0. The number of hydrogen-bond acceptors (Lipinski definition) is 1. The molecule has 66 valence electrons. The van der Waals surface area contributed by atoms with Crippen molar-refractivity contribution in [2.24, 2.45) is 5.92 Å². The second kappa shape index (κ2) is 4.76. The van der Waals surface area contributed by atoms with Gasteiger partial charge in [-0.15, -0.1) is 0 Å². The highest BCUT2D eigenvalue weighted by Gasteiger charge is 2.13. The van der Waals surface area contributed by atoms with Crippen LogP contribution in [0.4, 0.5) is 0 Å². The molecule has 0 amide bonds. The molecule has 1 heteroatoms. The molecule has 1 aliphatic rings. The zero-order valence-corrected chi connectivity index (χ0v) is 7.55. The smallest absolute Gasteiger partial charge is 0.0512 e. The lowest BCUT2D eigenvalue weighted by Gasteiger charge is -2.21. The molecule has 0 bridgehead atoms. The van der Waals surface area contributed by atoms with Crippen LogP contribution in [0.3, 0.4) is 0 Å². The van der Waals surface area contributed by atoms with E-state index in [1.807, 2.05) is 6.92 Å². The summed E-state index contributed by atoms with van der Waals surface area (Å²) >= 11 is 0. The summed E-state index contributed by atoms with van der Waals surface area (Å²) in [4.78, 5) is 0. The fraction of sp³-hybridized carbons (Fsp3) is 1.00. The Bertz CT molecular complexity index is 93.0. The molecular weight excluding hydrogens is 136 g/mol. The molecule has 1 rings (SSSR count).